The molecule has 1 aromatic carbocycles. The molecule has 0 radical (unpaired) electrons. The molecule has 7 heteroatoms. The van der Waals surface area contributed by atoms with Crippen molar-refractivity contribution in [3.8, 4) is 0 Å². The van der Waals surface area contributed by atoms with Crippen molar-refractivity contribution in [3.63, 3.8) is 0 Å². The minimum absolute atomic E-state index is 0.0642. The van der Waals surface area contributed by atoms with Gasteiger partial charge in [0.1, 0.15) is 0 Å². The molecule has 0 aromatic heterocycles. The predicted molar refractivity (Wildman–Crippen MR) is 57.5 cm³/mol. The van der Waals surface area contributed by atoms with Gasteiger partial charge in [0.25, 0.3) is 5.97 Å². The molecular formula is C8H11O5SSb. The second-order valence-electron chi connectivity index (χ2n) is 2.55. The Labute approximate surface area is 97.3 Å². The van der Waals surface area contributed by atoms with Gasteiger partial charge < -0.3 is 5.11 Å². The summed E-state index contributed by atoms with van der Waals surface area (Å²) in [6, 6.07) is 6.23. The molecule has 0 heterocycles. The SMILES string of the molecule is CC(=O)O.[O]=[Sb]([OH])([OH])[c]1ccccc1S. The van der Waals surface area contributed by atoms with Gasteiger partial charge in [0, 0.05) is 6.92 Å². The van der Waals surface area contributed by atoms with Gasteiger partial charge in [-0.1, -0.05) is 0 Å². The van der Waals surface area contributed by atoms with Gasteiger partial charge in [-0.15, -0.1) is 0 Å². The number of aliphatic carboxylic acids is 1. The molecule has 0 aliphatic carbocycles. The third kappa shape index (κ3) is 6.62. The summed E-state index contributed by atoms with van der Waals surface area (Å²) in [5.74, 6) is -0.833. The number of benzene rings is 1. The summed E-state index contributed by atoms with van der Waals surface area (Å²) in [4.78, 5) is 9.36. The number of hydrogen-bond acceptors (Lipinski definition) is 3. The first kappa shape index (κ1) is 14.6. The number of rotatable bonds is 1. The zero-order valence-corrected chi connectivity index (χ0v) is 11.3. The zero-order valence-electron chi connectivity index (χ0n) is 7.86. The van der Waals surface area contributed by atoms with E-state index >= 15 is 0 Å². The number of carbonyl (C=O) groups is 1. The van der Waals surface area contributed by atoms with Crippen molar-refractivity contribution in [3.05, 3.63) is 24.3 Å². The molecule has 0 spiro atoms. The van der Waals surface area contributed by atoms with E-state index in [-0.39, 0.29) is 3.51 Å². The molecule has 1 rings (SSSR count). The van der Waals surface area contributed by atoms with Crippen LogP contribution in [0.2, 0.25) is 0 Å². The first-order valence-electron chi connectivity index (χ1n) is 3.78. The topological polar surface area (TPSA) is 94.8 Å². The Bertz CT molecular complexity index is 382. The maximum atomic E-state index is 10.8. The van der Waals surface area contributed by atoms with Crippen LogP contribution in [-0.4, -0.2) is 37.5 Å². The molecule has 0 unspecified atom stereocenters. The van der Waals surface area contributed by atoms with E-state index in [2.05, 4.69) is 12.6 Å². The van der Waals surface area contributed by atoms with E-state index in [1.54, 1.807) is 18.2 Å². The number of carboxylic acid groups (broad SMARTS) is 1. The van der Waals surface area contributed by atoms with Crippen LogP contribution in [0.15, 0.2) is 29.2 Å². The molecule has 0 fully saturated rings. The standard InChI is InChI=1S/C6H5S.C2H4O2.2H2O.O.Sb/c7-6-4-2-1-3-5-6;1-2(3)4;;;;/h1-4,7H;1H3,(H,3,4);2*1H2;;/q;;;;;+2/p-2. The molecule has 84 valence electrons. The number of carboxylic acids is 1. The van der Waals surface area contributed by atoms with Gasteiger partial charge in [0.2, 0.25) is 0 Å². The molecule has 3 N–H and O–H groups in total. The molecular weight excluding hydrogens is 330 g/mol. The summed E-state index contributed by atoms with van der Waals surface area (Å²) >= 11 is -1.08. The average molecular weight is 341 g/mol. The predicted octanol–water partition coefficient (Wildman–Crippen LogP) is -0.373. The molecule has 15 heavy (non-hydrogen) atoms. The Balaban J connectivity index is 0.000000423. The van der Waals surface area contributed by atoms with Crippen LogP contribution < -0.4 is 3.51 Å². The molecule has 0 saturated heterocycles. The van der Waals surface area contributed by atoms with Crippen LogP contribution in [-0.2, 0) is 7.81 Å². The van der Waals surface area contributed by atoms with Crippen LogP contribution in [0.1, 0.15) is 6.92 Å². The van der Waals surface area contributed by atoms with Crippen molar-refractivity contribution in [1.29, 1.82) is 0 Å². The third-order valence-electron chi connectivity index (χ3n) is 1.20. The minimum atomic E-state index is -5.00. The van der Waals surface area contributed by atoms with Gasteiger partial charge in [-0.3, -0.25) is 4.79 Å². The fraction of sp³-hybridized carbons (Fsp3) is 0.125. The molecule has 0 aliphatic rings. The summed E-state index contributed by atoms with van der Waals surface area (Å²) in [6.45, 7) is 1.08. The summed E-state index contributed by atoms with van der Waals surface area (Å²) < 4.78 is 28.5. The van der Waals surface area contributed by atoms with Gasteiger partial charge in [0.15, 0.2) is 0 Å². The second-order valence-corrected chi connectivity index (χ2v) is 7.51. The van der Waals surface area contributed by atoms with E-state index < -0.39 is 25.6 Å². The zero-order chi connectivity index (χ0) is 12.1. The van der Waals surface area contributed by atoms with Crippen LogP contribution in [0.4, 0.5) is 0 Å². The monoisotopic (exact) mass is 340 g/mol. The van der Waals surface area contributed by atoms with E-state index in [0.29, 0.717) is 4.90 Å². The number of hydrogen-bond donors (Lipinski definition) is 4. The molecule has 0 aliphatic heterocycles. The molecule has 0 bridgehead atoms. The second kappa shape index (κ2) is 6.22. The number of thiol groups is 1. The summed E-state index contributed by atoms with van der Waals surface area (Å²) in [5, 5.41) is 7.42. The van der Waals surface area contributed by atoms with Crippen molar-refractivity contribution >= 4 is 41.7 Å². The van der Waals surface area contributed by atoms with Crippen molar-refractivity contribution in [2.75, 3.05) is 0 Å². The van der Waals surface area contributed by atoms with Crippen LogP contribution >= 0.6 is 12.6 Å². The Hall–Kier alpha value is -0.422. The van der Waals surface area contributed by atoms with E-state index in [0.717, 1.165) is 6.92 Å². The van der Waals surface area contributed by atoms with Crippen LogP contribution in [0, 0.1) is 0 Å². The van der Waals surface area contributed by atoms with Crippen LogP contribution in [0.3, 0.4) is 0 Å². The molecule has 0 atom stereocenters. The summed E-state index contributed by atoms with van der Waals surface area (Å²) in [6.07, 6.45) is 0. The molecule has 5 nitrogen and oxygen atoms in total. The van der Waals surface area contributed by atoms with Crippen molar-refractivity contribution in [2.24, 2.45) is 0 Å². The van der Waals surface area contributed by atoms with Crippen molar-refractivity contribution in [1.82, 2.24) is 0 Å². The summed E-state index contributed by atoms with van der Waals surface area (Å²) in [5.41, 5.74) is 0. The first-order chi connectivity index (χ1) is 6.75. The van der Waals surface area contributed by atoms with E-state index in [4.69, 9.17) is 16.7 Å². The van der Waals surface area contributed by atoms with Crippen molar-refractivity contribution in [2.45, 2.75) is 11.8 Å². The first-order valence-corrected chi connectivity index (χ1v) is 8.83. The van der Waals surface area contributed by atoms with Gasteiger partial charge in [-0.2, -0.15) is 0 Å². The van der Waals surface area contributed by atoms with Crippen LogP contribution in [0.25, 0.3) is 0 Å². The van der Waals surface area contributed by atoms with Gasteiger partial charge in [-0.05, 0) is 0 Å². The maximum absolute atomic E-state index is 10.8. The Morgan fingerprint density at radius 2 is 1.73 bits per heavy atom. The quantitative estimate of drug-likeness (QED) is 0.413. The molecule has 0 amide bonds. The van der Waals surface area contributed by atoms with Crippen molar-refractivity contribution < 1.29 is 19.7 Å². The average Bonchev–Trinajstić information content (AvgIpc) is 2.01. The Morgan fingerprint density at radius 1 is 1.33 bits per heavy atom. The van der Waals surface area contributed by atoms with E-state index in [9.17, 15) is 3.02 Å². The molecule has 1 aromatic rings. The fourth-order valence-electron chi connectivity index (χ4n) is 0.710. The molecule has 0 saturated carbocycles. The van der Waals surface area contributed by atoms with E-state index in [1.165, 1.54) is 6.07 Å². The Morgan fingerprint density at radius 3 is 2.00 bits per heavy atom. The fourth-order valence-corrected chi connectivity index (χ4v) is 3.61. The summed E-state index contributed by atoms with van der Waals surface area (Å²) in [7, 11) is 0. The van der Waals surface area contributed by atoms with Gasteiger partial charge in [-0.25, -0.2) is 0 Å². The third-order valence-corrected chi connectivity index (χ3v) is 5.02. The van der Waals surface area contributed by atoms with Gasteiger partial charge in [0.05, 0.1) is 0 Å². The normalized spacial score (nSPS) is 10.1. The van der Waals surface area contributed by atoms with Crippen LogP contribution in [0.5, 0.6) is 0 Å². The Kier molecular flexibility index (Phi) is 6.05. The van der Waals surface area contributed by atoms with Gasteiger partial charge >= 0.3 is 74.7 Å². The van der Waals surface area contributed by atoms with E-state index in [1.807, 2.05) is 0 Å².